The van der Waals surface area contributed by atoms with Crippen molar-refractivity contribution in [3.05, 3.63) is 68.1 Å². The zero-order chi connectivity index (χ0) is 19.1. The Morgan fingerprint density at radius 3 is 2.50 bits per heavy atom. The molecule has 2 aromatic carbocycles. The van der Waals surface area contributed by atoms with Gasteiger partial charge in [-0.3, -0.25) is 9.59 Å². The van der Waals surface area contributed by atoms with E-state index in [-0.39, 0.29) is 26.0 Å². The third-order valence-corrected chi connectivity index (χ3v) is 5.77. The minimum Gasteiger partial charge on any atom is -0.319 e. The van der Waals surface area contributed by atoms with Crippen LogP contribution in [0.4, 0.5) is 0 Å². The number of amides is 1. The van der Waals surface area contributed by atoms with E-state index in [0.29, 0.717) is 5.56 Å². The molecule has 0 radical (unpaired) electrons. The molecule has 3 aromatic rings. The number of aromatic amines is 1. The molecule has 0 atom stereocenters. The Balaban J connectivity index is 2.03. The lowest BCUT2D eigenvalue weighted by atomic mass is 10.2. The fraction of sp³-hybridized carbons (Fsp3) is 0.0625. The van der Waals surface area contributed by atoms with Crippen molar-refractivity contribution in [1.29, 1.82) is 0 Å². The maximum absolute atomic E-state index is 12.4. The zero-order valence-corrected chi connectivity index (χ0v) is 15.5. The number of carbonyl (C=O) groups is 1. The van der Waals surface area contributed by atoms with Crippen molar-refractivity contribution in [1.82, 2.24) is 14.7 Å². The molecule has 10 heteroatoms. The highest BCUT2D eigenvalue weighted by molar-refractivity contribution is 7.90. The van der Waals surface area contributed by atoms with Gasteiger partial charge in [0.1, 0.15) is 0 Å². The second-order valence-corrected chi connectivity index (χ2v) is 7.86. The van der Waals surface area contributed by atoms with E-state index in [0.717, 1.165) is 0 Å². The van der Waals surface area contributed by atoms with E-state index in [1.165, 1.54) is 24.3 Å². The molecule has 0 spiro atoms. The number of rotatable bonds is 3. The Morgan fingerprint density at radius 2 is 1.81 bits per heavy atom. The van der Waals surface area contributed by atoms with E-state index >= 15 is 0 Å². The summed E-state index contributed by atoms with van der Waals surface area (Å²) in [5.41, 5.74) is -0.545. The van der Waals surface area contributed by atoms with Crippen LogP contribution in [0.5, 0.6) is 0 Å². The first-order valence-corrected chi connectivity index (χ1v) is 9.45. The number of aryl methyl sites for hydroxylation is 1. The molecule has 1 aromatic heterocycles. The number of nitrogens with zero attached hydrogens (tertiary/aromatic N) is 1. The number of H-pyrrole nitrogens is 1. The SMILES string of the molecule is Cc1ccccc1S(=O)(=O)NC(=O)c1nc2cc(Cl)c(Cl)cc2[nH]c1=O. The Kier molecular flexibility index (Phi) is 4.74. The predicted molar refractivity (Wildman–Crippen MR) is 98.2 cm³/mol. The first kappa shape index (κ1) is 18.4. The number of benzene rings is 2. The highest BCUT2D eigenvalue weighted by Gasteiger charge is 2.23. The van der Waals surface area contributed by atoms with Crippen molar-refractivity contribution in [3.63, 3.8) is 0 Å². The molecule has 1 amide bonds. The van der Waals surface area contributed by atoms with Crippen LogP contribution in [0.15, 0.2) is 46.1 Å². The zero-order valence-electron chi connectivity index (χ0n) is 13.2. The lowest BCUT2D eigenvalue weighted by Gasteiger charge is -2.09. The lowest BCUT2D eigenvalue weighted by Crippen LogP contribution is -2.35. The van der Waals surface area contributed by atoms with Crippen LogP contribution in [-0.4, -0.2) is 24.3 Å². The molecule has 7 nitrogen and oxygen atoms in total. The van der Waals surface area contributed by atoms with E-state index < -0.39 is 27.2 Å². The van der Waals surface area contributed by atoms with Crippen LogP contribution in [-0.2, 0) is 10.0 Å². The van der Waals surface area contributed by atoms with Gasteiger partial charge in [-0.1, -0.05) is 41.4 Å². The van der Waals surface area contributed by atoms with Crippen LogP contribution in [0.25, 0.3) is 11.0 Å². The number of hydrogen-bond donors (Lipinski definition) is 2. The maximum atomic E-state index is 12.4. The lowest BCUT2D eigenvalue weighted by molar-refractivity contribution is 0.0975. The Bertz CT molecular complexity index is 1210. The van der Waals surface area contributed by atoms with Gasteiger partial charge in [0.05, 0.1) is 26.0 Å². The molecule has 0 aliphatic carbocycles. The van der Waals surface area contributed by atoms with Crippen LogP contribution in [0.2, 0.25) is 10.0 Å². The number of halogens is 2. The second kappa shape index (κ2) is 6.71. The number of aromatic nitrogens is 2. The molecule has 0 unspecified atom stereocenters. The first-order chi connectivity index (χ1) is 12.2. The second-order valence-electron chi connectivity index (χ2n) is 5.40. The van der Waals surface area contributed by atoms with Crippen LogP contribution in [0.1, 0.15) is 16.1 Å². The summed E-state index contributed by atoms with van der Waals surface area (Å²) in [5.74, 6) is -1.15. The Labute approximate surface area is 158 Å². The molecule has 3 rings (SSSR count). The average molecular weight is 412 g/mol. The summed E-state index contributed by atoms with van der Waals surface area (Å²) in [5, 5.41) is 0.383. The monoisotopic (exact) mass is 411 g/mol. The third-order valence-electron chi connectivity index (χ3n) is 3.56. The van der Waals surface area contributed by atoms with Crippen molar-refractivity contribution in [2.75, 3.05) is 0 Å². The molecule has 0 saturated carbocycles. The standard InChI is InChI=1S/C16H11Cl2N3O4S/c1-8-4-2-3-5-13(8)26(24,25)21-16(23)14-15(22)20-12-7-10(18)9(17)6-11(12)19-14/h2-7H,1H3,(H,20,22)(H,21,23). The van der Waals surface area contributed by atoms with Crippen molar-refractivity contribution in [3.8, 4) is 0 Å². The smallest absolute Gasteiger partial charge is 0.289 e. The first-order valence-electron chi connectivity index (χ1n) is 7.21. The van der Waals surface area contributed by atoms with Crippen molar-refractivity contribution < 1.29 is 13.2 Å². The van der Waals surface area contributed by atoms with Gasteiger partial charge in [-0.05, 0) is 30.7 Å². The molecule has 2 N–H and O–H groups in total. The van der Waals surface area contributed by atoms with Crippen LogP contribution >= 0.6 is 23.2 Å². The van der Waals surface area contributed by atoms with Crippen molar-refractivity contribution >= 4 is 50.2 Å². The minimum atomic E-state index is -4.16. The summed E-state index contributed by atoms with van der Waals surface area (Å²) >= 11 is 11.8. The van der Waals surface area contributed by atoms with E-state index in [4.69, 9.17) is 23.2 Å². The molecule has 0 bridgehead atoms. The van der Waals surface area contributed by atoms with Gasteiger partial charge in [0, 0.05) is 0 Å². The Morgan fingerprint density at radius 1 is 1.15 bits per heavy atom. The molecule has 134 valence electrons. The van der Waals surface area contributed by atoms with Crippen molar-refractivity contribution in [2.45, 2.75) is 11.8 Å². The fourth-order valence-corrected chi connectivity index (χ4v) is 3.84. The normalized spacial score (nSPS) is 11.5. The third kappa shape index (κ3) is 3.44. The summed E-state index contributed by atoms with van der Waals surface area (Å²) in [7, 11) is -4.16. The molecular weight excluding hydrogens is 401 g/mol. The number of fused-ring (bicyclic) bond motifs is 1. The predicted octanol–water partition coefficient (Wildman–Crippen LogP) is 2.66. The summed E-state index contributed by atoms with van der Waals surface area (Å²) in [4.78, 5) is 30.7. The molecule has 0 aliphatic heterocycles. The van der Waals surface area contributed by atoms with Gasteiger partial charge < -0.3 is 4.98 Å². The van der Waals surface area contributed by atoms with Gasteiger partial charge in [-0.15, -0.1) is 0 Å². The average Bonchev–Trinajstić information content (AvgIpc) is 2.55. The van der Waals surface area contributed by atoms with Gasteiger partial charge >= 0.3 is 0 Å². The van der Waals surface area contributed by atoms with Gasteiger partial charge in [0.15, 0.2) is 5.69 Å². The summed E-state index contributed by atoms with van der Waals surface area (Å²) in [6.07, 6.45) is 0. The number of sulfonamides is 1. The van der Waals surface area contributed by atoms with Crippen LogP contribution in [0, 0.1) is 6.92 Å². The molecule has 26 heavy (non-hydrogen) atoms. The summed E-state index contributed by atoms with van der Waals surface area (Å²) in [6.45, 7) is 1.59. The number of carbonyl (C=O) groups excluding carboxylic acids is 1. The molecular formula is C16H11Cl2N3O4S. The molecule has 0 saturated heterocycles. The molecule has 1 heterocycles. The van der Waals surface area contributed by atoms with Gasteiger partial charge in [0.25, 0.3) is 21.5 Å². The Hall–Kier alpha value is -2.42. The largest absolute Gasteiger partial charge is 0.319 e. The summed E-state index contributed by atoms with van der Waals surface area (Å²) in [6, 6.07) is 8.89. The number of hydrogen-bond acceptors (Lipinski definition) is 5. The van der Waals surface area contributed by atoms with Crippen LogP contribution in [0.3, 0.4) is 0 Å². The number of nitrogens with one attached hydrogen (secondary N) is 2. The maximum Gasteiger partial charge on any atom is 0.289 e. The summed E-state index contributed by atoms with van der Waals surface area (Å²) < 4.78 is 26.7. The van der Waals surface area contributed by atoms with Gasteiger partial charge in [0.2, 0.25) is 0 Å². The van der Waals surface area contributed by atoms with Crippen molar-refractivity contribution in [2.24, 2.45) is 0 Å². The van der Waals surface area contributed by atoms with E-state index in [1.807, 2.05) is 4.72 Å². The van der Waals surface area contributed by atoms with E-state index in [1.54, 1.807) is 19.1 Å². The van der Waals surface area contributed by atoms with E-state index in [9.17, 15) is 18.0 Å². The van der Waals surface area contributed by atoms with Gasteiger partial charge in [-0.25, -0.2) is 18.1 Å². The highest BCUT2D eigenvalue weighted by atomic mass is 35.5. The molecule has 0 fully saturated rings. The van der Waals surface area contributed by atoms with Gasteiger partial charge in [-0.2, -0.15) is 0 Å². The molecule has 0 aliphatic rings. The van der Waals surface area contributed by atoms with Crippen LogP contribution < -0.4 is 10.3 Å². The minimum absolute atomic E-state index is 0.0691. The van der Waals surface area contributed by atoms with E-state index in [2.05, 4.69) is 9.97 Å². The fourth-order valence-electron chi connectivity index (χ4n) is 2.32. The highest BCUT2D eigenvalue weighted by Crippen LogP contribution is 2.25. The quantitative estimate of drug-likeness (QED) is 0.688. The topological polar surface area (TPSA) is 109 Å².